The Kier molecular flexibility index (Phi) is 6.61. The summed E-state index contributed by atoms with van der Waals surface area (Å²) in [6.45, 7) is 3.80. The topological polar surface area (TPSA) is 87.3 Å². The molecule has 0 rings (SSSR count). The van der Waals surface area contributed by atoms with Gasteiger partial charge in [0.1, 0.15) is 0 Å². The lowest BCUT2D eigenvalue weighted by atomic mass is 10.1. The van der Waals surface area contributed by atoms with E-state index in [-0.39, 0.29) is 24.3 Å². The SMILES string of the molecule is C#C[C@@H](NC(=O)NCCS(=O)(=O)NC)C(C)C. The fraction of sp³-hybridized carbons (Fsp3) is 0.700. The maximum Gasteiger partial charge on any atom is 0.315 e. The molecule has 0 saturated carbocycles. The molecule has 0 unspecified atom stereocenters. The molecule has 3 N–H and O–H groups in total. The molecule has 0 spiro atoms. The molecule has 6 nitrogen and oxygen atoms in total. The molecule has 2 amide bonds. The molecule has 17 heavy (non-hydrogen) atoms. The van der Waals surface area contributed by atoms with Crippen LogP contribution in [0.5, 0.6) is 0 Å². The van der Waals surface area contributed by atoms with Crippen LogP contribution < -0.4 is 15.4 Å². The second-order valence-electron chi connectivity index (χ2n) is 3.81. The second kappa shape index (κ2) is 7.14. The number of hydrogen-bond acceptors (Lipinski definition) is 3. The summed E-state index contributed by atoms with van der Waals surface area (Å²) >= 11 is 0. The first-order valence-electron chi connectivity index (χ1n) is 5.24. The molecule has 0 bridgehead atoms. The summed E-state index contributed by atoms with van der Waals surface area (Å²) in [6, 6.07) is -0.830. The lowest BCUT2D eigenvalue weighted by molar-refractivity contribution is 0.237. The van der Waals surface area contributed by atoms with Crippen molar-refractivity contribution in [2.24, 2.45) is 5.92 Å². The minimum absolute atomic E-state index is 0.0321. The van der Waals surface area contributed by atoms with Gasteiger partial charge in [0.15, 0.2) is 0 Å². The van der Waals surface area contributed by atoms with Crippen molar-refractivity contribution >= 4 is 16.1 Å². The van der Waals surface area contributed by atoms with Crippen LogP contribution in [0, 0.1) is 18.3 Å². The molecule has 1 atom stereocenters. The number of rotatable bonds is 6. The van der Waals surface area contributed by atoms with Crippen molar-refractivity contribution in [1.82, 2.24) is 15.4 Å². The summed E-state index contributed by atoms with van der Waals surface area (Å²) in [5, 5.41) is 5.00. The van der Waals surface area contributed by atoms with Crippen LogP contribution in [0.3, 0.4) is 0 Å². The number of sulfonamides is 1. The molecule has 98 valence electrons. The highest BCUT2D eigenvalue weighted by Crippen LogP contribution is 1.98. The third-order valence-electron chi connectivity index (χ3n) is 2.10. The number of carbonyl (C=O) groups excluding carboxylic acids is 1. The Morgan fingerprint density at radius 1 is 1.41 bits per heavy atom. The van der Waals surface area contributed by atoms with E-state index in [1.54, 1.807) is 0 Å². The fourth-order valence-corrected chi connectivity index (χ4v) is 1.57. The number of amides is 2. The first-order chi connectivity index (χ1) is 7.82. The smallest absolute Gasteiger partial charge is 0.315 e. The summed E-state index contributed by atoms with van der Waals surface area (Å²) in [6.07, 6.45) is 5.24. The molecule has 0 radical (unpaired) electrons. The monoisotopic (exact) mass is 261 g/mol. The van der Waals surface area contributed by atoms with Gasteiger partial charge in [0.25, 0.3) is 0 Å². The summed E-state index contributed by atoms with van der Waals surface area (Å²) < 4.78 is 24.3. The maximum absolute atomic E-state index is 11.4. The molecule has 0 aliphatic carbocycles. The van der Waals surface area contributed by atoms with Gasteiger partial charge in [-0.1, -0.05) is 19.8 Å². The van der Waals surface area contributed by atoms with Crippen LogP contribution in [0.25, 0.3) is 0 Å². The average molecular weight is 261 g/mol. The van der Waals surface area contributed by atoms with Crippen LogP contribution in [0.4, 0.5) is 4.79 Å². The van der Waals surface area contributed by atoms with Gasteiger partial charge in [-0.25, -0.2) is 17.9 Å². The van der Waals surface area contributed by atoms with Crippen molar-refractivity contribution in [3.8, 4) is 12.3 Å². The first-order valence-corrected chi connectivity index (χ1v) is 6.89. The van der Waals surface area contributed by atoms with Gasteiger partial charge in [-0.15, -0.1) is 6.42 Å². The lowest BCUT2D eigenvalue weighted by Crippen LogP contribution is -2.45. The van der Waals surface area contributed by atoms with E-state index in [0.717, 1.165) is 0 Å². The molecular formula is C10H19N3O3S. The number of carbonyl (C=O) groups is 1. The standard InChI is InChI=1S/C10H19N3O3S/c1-5-9(8(2)3)13-10(14)12-6-7-17(15,16)11-4/h1,8-9,11H,6-7H2,2-4H3,(H2,12,13,14)/t9-/m1/s1. The molecule has 7 heteroatoms. The van der Waals surface area contributed by atoms with E-state index in [1.807, 2.05) is 13.8 Å². The summed E-state index contributed by atoms with van der Waals surface area (Å²) in [7, 11) is -1.98. The van der Waals surface area contributed by atoms with E-state index in [9.17, 15) is 13.2 Å². The van der Waals surface area contributed by atoms with E-state index in [0.29, 0.717) is 0 Å². The van der Waals surface area contributed by atoms with Crippen LogP contribution in [0.15, 0.2) is 0 Å². The van der Waals surface area contributed by atoms with E-state index in [4.69, 9.17) is 6.42 Å². The number of hydrogen-bond donors (Lipinski definition) is 3. The van der Waals surface area contributed by atoms with Gasteiger partial charge in [-0.3, -0.25) is 0 Å². The second-order valence-corrected chi connectivity index (χ2v) is 5.86. The van der Waals surface area contributed by atoms with Gasteiger partial charge in [-0.2, -0.15) is 0 Å². The van der Waals surface area contributed by atoms with Gasteiger partial charge >= 0.3 is 6.03 Å². The first kappa shape index (κ1) is 15.7. The minimum Gasteiger partial charge on any atom is -0.337 e. The molecule has 0 heterocycles. The third kappa shape index (κ3) is 6.81. The molecule has 0 aliphatic rings. The van der Waals surface area contributed by atoms with Crippen molar-refractivity contribution in [1.29, 1.82) is 0 Å². The number of nitrogens with one attached hydrogen (secondary N) is 3. The van der Waals surface area contributed by atoms with Crippen LogP contribution >= 0.6 is 0 Å². The third-order valence-corrected chi connectivity index (χ3v) is 3.46. The Balaban J connectivity index is 4.01. The average Bonchev–Trinajstić information content (AvgIpc) is 2.25. The number of urea groups is 1. The maximum atomic E-state index is 11.4. The fourth-order valence-electron chi connectivity index (χ4n) is 0.994. The molecule has 0 saturated heterocycles. The van der Waals surface area contributed by atoms with E-state index in [1.165, 1.54) is 7.05 Å². The zero-order valence-corrected chi connectivity index (χ0v) is 11.1. The normalized spacial score (nSPS) is 12.9. The van der Waals surface area contributed by atoms with Gasteiger partial charge < -0.3 is 10.6 Å². The Hall–Kier alpha value is -1.26. The number of terminal acetylenes is 1. The predicted octanol–water partition coefficient (Wildman–Crippen LogP) is -0.507. The van der Waals surface area contributed by atoms with Crippen molar-refractivity contribution in [2.45, 2.75) is 19.9 Å². The molecule has 0 fully saturated rings. The Morgan fingerprint density at radius 3 is 2.41 bits per heavy atom. The Morgan fingerprint density at radius 2 is 2.00 bits per heavy atom. The van der Waals surface area contributed by atoms with Crippen molar-refractivity contribution < 1.29 is 13.2 Å². The lowest BCUT2D eigenvalue weighted by Gasteiger charge is -2.16. The van der Waals surface area contributed by atoms with E-state index in [2.05, 4.69) is 21.3 Å². The molecule has 0 aromatic rings. The summed E-state index contributed by atoms with van der Waals surface area (Å²) in [4.78, 5) is 11.4. The van der Waals surface area contributed by atoms with Gasteiger partial charge in [0, 0.05) is 6.54 Å². The molecular weight excluding hydrogens is 242 g/mol. The summed E-state index contributed by atoms with van der Waals surface area (Å²) in [5.74, 6) is 2.40. The predicted molar refractivity (Wildman–Crippen MR) is 66.8 cm³/mol. The van der Waals surface area contributed by atoms with Crippen LogP contribution in [0.2, 0.25) is 0 Å². The zero-order chi connectivity index (χ0) is 13.5. The minimum atomic E-state index is -3.30. The van der Waals surface area contributed by atoms with E-state index >= 15 is 0 Å². The molecule has 0 aliphatic heterocycles. The highest BCUT2D eigenvalue weighted by atomic mass is 32.2. The largest absolute Gasteiger partial charge is 0.337 e. The van der Waals surface area contributed by atoms with Crippen LogP contribution in [0.1, 0.15) is 13.8 Å². The quantitative estimate of drug-likeness (QED) is 0.563. The van der Waals surface area contributed by atoms with Gasteiger partial charge in [-0.05, 0) is 13.0 Å². The highest BCUT2D eigenvalue weighted by molar-refractivity contribution is 7.89. The van der Waals surface area contributed by atoms with Gasteiger partial charge in [0.2, 0.25) is 10.0 Å². The van der Waals surface area contributed by atoms with Crippen molar-refractivity contribution in [2.75, 3.05) is 19.3 Å². The summed E-state index contributed by atoms with van der Waals surface area (Å²) in [5.41, 5.74) is 0. The van der Waals surface area contributed by atoms with Crippen LogP contribution in [-0.2, 0) is 10.0 Å². The van der Waals surface area contributed by atoms with E-state index < -0.39 is 16.1 Å². The molecule has 0 aromatic heterocycles. The highest BCUT2D eigenvalue weighted by Gasteiger charge is 2.13. The zero-order valence-electron chi connectivity index (χ0n) is 10.3. The Labute approximate surface area is 103 Å². The van der Waals surface area contributed by atoms with Gasteiger partial charge in [0.05, 0.1) is 11.8 Å². The van der Waals surface area contributed by atoms with Crippen LogP contribution in [-0.4, -0.2) is 39.8 Å². The molecule has 0 aromatic carbocycles. The van der Waals surface area contributed by atoms with Crippen molar-refractivity contribution in [3.05, 3.63) is 0 Å². The Bertz CT molecular complexity index is 384. The van der Waals surface area contributed by atoms with Crippen molar-refractivity contribution in [3.63, 3.8) is 0 Å².